The number of rotatable bonds is 3. The minimum Gasteiger partial charge on any atom is -0.339 e. The SMILES string of the molecule is CCc1ccc(-n2c(=O)[nH]c(=O)c3[nH]cnc32)c(CC)c1. The van der Waals surface area contributed by atoms with Gasteiger partial charge in [0.1, 0.15) is 5.52 Å². The molecule has 3 rings (SSSR count). The van der Waals surface area contributed by atoms with Crippen LogP contribution in [0.5, 0.6) is 0 Å². The fourth-order valence-electron chi connectivity index (χ4n) is 2.52. The van der Waals surface area contributed by atoms with Crippen LogP contribution in [0.25, 0.3) is 16.9 Å². The summed E-state index contributed by atoms with van der Waals surface area (Å²) in [6.07, 6.45) is 3.15. The van der Waals surface area contributed by atoms with Gasteiger partial charge < -0.3 is 4.98 Å². The van der Waals surface area contributed by atoms with Gasteiger partial charge in [-0.15, -0.1) is 0 Å². The van der Waals surface area contributed by atoms with Crippen molar-refractivity contribution in [3.63, 3.8) is 0 Å². The first-order valence-electron chi connectivity index (χ1n) is 6.96. The molecule has 0 unspecified atom stereocenters. The lowest BCUT2D eigenvalue weighted by Crippen LogP contribution is -2.30. The van der Waals surface area contributed by atoms with Crippen LogP contribution in [0.1, 0.15) is 25.0 Å². The van der Waals surface area contributed by atoms with Crippen LogP contribution in [0, 0.1) is 0 Å². The van der Waals surface area contributed by atoms with Gasteiger partial charge in [-0.05, 0) is 30.0 Å². The van der Waals surface area contributed by atoms with Gasteiger partial charge in [-0.1, -0.05) is 26.0 Å². The van der Waals surface area contributed by atoms with Crippen molar-refractivity contribution in [2.24, 2.45) is 0 Å². The van der Waals surface area contributed by atoms with Gasteiger partial charge >= 0.3 is 5.69 Å². The van der Waals surface area contributed by atoms with E-state index in [0.717, 1.165) is 24.1 Å². The first-order valence-corrected chi connectivity index (χ1v) is 6.96. The maximum absolute atomic E-state index is 12.2. The maximum Gasteiger partial charge on any atom is 0.334 e. The number of nitrogens with one attached hydrogen (secondary N) is 2. The lowest BCUT2D eigenvalue weighted by atomic mass is 10.0. The Bertz CT molecular complexity index is 917. The Morgan fingerprint density at radius 1 is 1.19 bits per heavy atom. The molecular formula is C15H16N4O2. The Balaban J connectivity index is 2.38. The smallest absolute Gasteiger partial charge is 0.334 e. The van der Waals surface area contributed by atoms with Crippen molar-refractivity contribution in [1.29, 1.82) is 0 Å². The quantitative estimate of drug-likeness (QED) is 0.765. The van der Waals surface area contributed by atoms with Crippen molar-refractivity contribution in [1.82, 2.24) is 19.5 Å². The number of benzene rings is 1. The second kappa shape index (κ2) is 5.05. The summed E-state index contributed by atoms with van der Waals surface area (Å²) in [5.74, 6) is 0. The minimum atomic E-state index is -0.474. The second-order valence-electron chi connectivity index (χ2n) is 4.87. The number of aromatic amines is 2. The van der Waals surface area contributed by atoms with Crippen LogP contribution in [0.3, 0.4) is 0 Å². The van der Waals surface area contributed by atoms with Gasteiger partial charge in [-0.25, -0.2) is 14.3 Å². The van der Waals surface area contributed by atoms with Crippen LogP contribution in [-0.2, 0) is 12.8 Å². The van der Waals surface area contributed by atoms with Crippen LogP contribution >= 0.6 is 0 Å². The third kappa shape index (κ3) is 2.08. The maximum atomic E-state index is 12.2. The summed E-state index contributed by atoms with van der Waals surface area (Å²) in [4.78, 5) is 33.2. The molecule has 6 nitrogen and oxygen atoms in total. The number of nitrogens with zero attached hydrogens (tertiary/aromatic N) is 2. The van der Waals surface area contributed by atoms with E-state index in [1.807, 2.05) is 19.1 Å². The Labute approximate surface area is 120 Å². The Morgan fingerprint density at radius 3 is 2.71 bits per heavy atom. The zero-order chi connectivity index (χ0) is 15.0. The van der Waals surface area contributed by atoms with E-state index in [2.05, 4.69) is 27.9 Å². The van der Waals surface area contributed by atoms with Crippen LogP contribution in [-0.4, -0.2) is 19.5 Å². The molecule has 0 saturated heterocycles. The molecule has 0 radical (unpaired) electrons. The largest absolute Gasteiger partial charge is 0.339 e. The van der Waals surface area contributed by atoms with E-state index >= 15 is 0 Å². The molecule has 2 aromatic heterocycles. The topological polar surface area (TPSA) is 83.5 Å². The van der Waals surface area contributed by atoms with E-state index in [1.54, 1.807) is 0 Å². The summed E-state index contributed by atoms with van der Waals surface area (Å²) < 4.78 is 1.45. The molecule has 0 bridgehead atoms. The molecule has 2 heterocycles. The number of hydrogen-bond acceptors (Lipinski definition) is 3. The fraction of sp³-hybridized carbons (Fsp3) is 0.267. The number of aromatic nitrogens is 4. The zero-order valence-electron chi connectivity index (χ0n) is 11.9. The zero-order valence-corrected chi connectivity index (χ0v) is 11.9. The van der Waals surface area contributed by atoms with E-state index < -0.39 is 11.2 Å². The molecule has 108 valence electrons. The lowest BCUT2D eigenvalue weighted by molar-refractivity contribution is 0.908. The highest BCUT2D eigenvalue weighted by molar-refractivity contribution is 5.71. The van der Waals surface area contributed by atoms with Crippen LogP contribution in [0.15, 0.2) is 34.1 Å². The van der Waals surface area contributed by atoms with Crippen molar-refractivity contribution in [2.45, 2.75) is 26.7 Å². The van der Waals surface area contributed by atoms with Gasteiger partial charge in [0.15, 0.2) is 5.65 Å². The molecule has 0 aliphatic carbocycles. The third-order valence-corrected chi connectivity index (χ3v) is 3.66. The van der Waals surface area contributed by atoms with E-state index in [0.29, 0.717) is 11.2 Å². The fourth-order valence-corrected chi connectivity index (χ4v) is 2.52. The van der Waals surface area contributed by atoms with Crippen LogP contribution < -0.4 is 11.2 Å². The van der Waals surface area contributed by atoms with Gasteiger partial charge in [-0.2, -0.15) is 0 Å². The molecule has 0 fully saturated rings. The number of aryl methyl sites for hydroxylation is 2. The first-order chi connectivity index (χ1) is 10.2. The molecule has 0 atom stereocenters. The van der Waals surface area contributed by atoms with E-state index in [9.17, 15) is 9.59 Å². The highest BCUT2D eigenvalue weighted by Crippen LogP contribution is 2.18. The van der Waals surface area contributed by atoms with E-state index in [4.69, 9.17) is 0 Å². The lowest BCUT2D eigenvalue weighted by Gasteiger charge is -2.12. The summed E-state index contributed by atoms with van der Waals surface area (Å²) in [7, 11) is 0. The third-order valence-electron chi connectivity index (χ3n) is 3.66. The molecule has 0 amide bonds. The molecular weight excluding hydrogens is 268 g/mol. The van der Waals surface area contributed by atoms with Crippen LogP contribution in [0.2, 0.25) is 0 Å². The molecule has 21 heavy (non-hydrogen) atoms. The van der Waals surface area contributed by atoms with Gasteiger partial charge in [-0.3, -0.25) is 9.78 Å². The summed E-state index contributed by atoms with van der Waals surface area (Å²) in [6, 6.07) is 5.99. The van der Waals surface area contributed by atoms with Crippen molar-refractivity contribution >= 4 is 11.2 Å². The van der Waals surface area contributed by atoms with Gasteiger partial charge in [0, 0.05) is 0 Å². The standard InChI is InChI=1S/C15H16N4O2/c1-3-9-5-6-11(10(4-2)7-9)19-13-12(16-8-17-13)14(20)18-15(19)21/h5-8H,3-4H2,1-2H3,(H,16,17)(H,18,20,21). The highest BCUT2D eigenvalue weighted by Gasteiger charge is 2.14. The summed E-state index contributed by atoms with van der Waals surface area (Å²) in [5.41, 5.74) is 2.75. The van der Waals surface area contributed by atoms with Gasteiger partial charge in [0.2, 0.25) is 0 Å². The minimum absolute atomic E-state index is 0.302. The van der Waals surface area contributed by atoms with Crippen molar-refractivity contribution in [3.8, 4) is 5.69 Å². The Hall–Kier alpha value is -2.63. The molecule has 1 aromatic carbocycles. The van der Waals surface area contributed by atoms with Crippen molar-refractivity contribution in [2.75, 3.05) is 0 Å². The number of imidazole rings is 1. The molecule has 3 aromatic rings. The number of fused-ring (bicyclic) bond motifs is 1. The van der Waals surface area contributed by atoms with Crippen LogP contribution in [0.4, 0.5) is 0 Å². The first kappa shape index (κ1) is 13.4. The highest BCUT2D eigenvalue weighted by atomic mass is 16.2. The normalized spacial score (nSPS) is 11.1. The summed E-state index contributed by atoms with van der Waals surface area (Å²) >= 11 is 0. The van der Waals surface area contributed by atoms with E-state index in [-0.39, 0.29) is 0 Å². The molecule has 0 aliphatic heterocycles. The molecule has 6 heteroatoms. The number of H-pyrrole nitrogens is 2. The summed E-state index contributed by atoms with van der Waals surface area (Å²) in [6.45, 7) is 4.13. The Kier molecular flexibility index (Phi) is 3.21. The van der Waals surface area contributed by atoms with Gasteiger partial charge in [0.05, 0.1) is 12.0 Å². The molecule has 0 saturated carbocycles. The number of hydrogen-bond donors (Lipinski definition) is 2. The monoisotopic (exact) mass is 284 g/mol. The van der Waals surface area contributed by atoms with E-state index in [1.165, 1.54) is 16.5 Å². The summed E-state index contributed by atoms with van der Waals surface area (Å²) in [5, 5.41) is 0. The van der Waals surface area contributed by atoms with Gasteiger partial charge in [0.25, 0.3) is 5.56 Å². The average molecular weight is 284 g/mol. The predicted molar refractivity (Wildman–Crippen MR) is 81.1 cm³/mol. The Morgan fingerprint density at radius 2 is 2.00 bits per heavy atom. The van der Waals surface area contributed by atoms with Crippen molar-refractivity contribution in [3.05, 3.63) is 56.5 Å². The molecule has 0 aliphatic rings. The average Bonchev–Trinajstić information content (AvgIpc) is 2.97. The molecule has 2 N–H and O–H groups in total. The molecule has 0 spiro atoms. The second-order valence-corrected chi connectivity index (χ2v) is 4.87. The van der Waals surface area contributed by atoms with Crippen molar-refractivity contribution < 1.29 is 0 Å². The predicted octanol–water partition coefficient (Wildman–Crippen LogP) is 1.53.